The molecule has 2 rings (SSSR count). The van der Waals surface area contributed by atoms with Crippen LogP contribution in [0.1, 0.15) is 64.7 Å². The van der Waals surface area contributed by atoms with Gasteiger partial charge in [-0.05, 0) is 24.2 Å². The van der Waals surface area contributed by atoms with E-state index in [1.54, 1.807) is 12.8 Å². The predicted molar refractivity (Wildman–Crippen MR) is 57.7 cm³/mol. The van der Waals surface area contributed by atoms with Crippen molar-refractivity contribution in [1.29, 1.82) is 0 Å². The SMILES string of the molecule is CC1CCCCCCCCC2CC12. The van der Waals surface area contributed by atoms with Gasteiger partial charge in [0, 0.05) is 0 Å². The minimum Gasteiger partial charge on any atom is -0.0622 e. The Morgan fingerprint density at radius 2 is 1.38 bits per heavy atom. The summed E-state index contributed by atoms with van der Waals surface area (Å²) < 4.78 is 0. The molecule has 0 N–H and O–H groups in total. The topological polar surface area (TPSA) is 0 Å². The average Bonchev–Trinajstić information content (AvgIpc) is 2.87. The van der Waals surface area contributed by atoms with Gasteiger partial charge < -0.3 is 0 Å². The molecule has 2 aliphatic carbocycles. The predicted octanol–water partition coefficient (Wildman–Crippen LogP) is 4.39. The molecule has 0 amide bonds. The Labute approximate surface area is 83.1 Å². The Bertz CT molecular complexity index is 150. The van der Waals surface area contributed by atoms with Crippen molar-refractivity contribution >= 4 is 0 Å². The van der Waals surface area contributed by atoms with E-state index < -0.39 is 0 Å². The number of fused-ring (bicyclic) bond motifs is 1. The van der Waals surface area contributed by atoms with Crippen LogP contribution in [-0.2, 0) is 0 Å². The Morgan fingerprint density at radius 3 is 2.15 bits per heavy atom. The molecule has 0 saturated heterocycles. The van der Waals surface area contributed by atoms with Crippen LogP contribution in [0.2, 0.25) is 0 Å². The van der Waals surface area contributed by atoms with Crippen LogP contribution in [0.15, 0.2) is 0 Å². The molecule has 0 aromatic heterocycles. The first-order chi connectivity index (χ1) is 6.38. The van der Waals surface area contributed by atoms with Gasteiger partial charge in [0.15, 0.2) is 0 Å². The second-order valence-electron chi connectivity index (χ2n) is 5.34. The van der Waals surface area contributed by atoms with Gasteiger partial charge in [0.2, 0.25) is 0 Å². The fourth-order valence-corrected chi connectivity index (χ4v) is 3.09. The van der Waals surface area contributed by atoms with E-state index in [9.17, 15) is 0 Å². The Morgan fingerprint density at radius 1 is 0.769 bits per heavy atom. The van der Waals surface area contributed by atoms with Crippen molar-refractivity contribution in [2.75, 3.05) is 0 Å². The van der Waals surface area contributed by atoms with E-state index in [2.05, 4.69) is 6.92 Å². The van der Waals surface area contributed by atoms with Crippen LogP contribution in [-0.4, -0.2) is 0 Å². The van der Waals surface area contributed by atoms with Crippen LogP contribution in [0.4, 0.5) is 0 Å². The summed E-state index contributed by atoms with van der Waals surface area (Å²) in [5, 5.41) is 0. The monoisotopic (exact) mass is 180 g/mol. The van der Waals surface area contributed by atoms with E-state index in [0.717, 1.165) is 17.8 Å². The van der Waals surface area contributed by atoms with Gasteiger partial charge in [-0.2, -0.15) is 0 Å². The second kappa shape index (κ2) is 4.48. The maximum Gasteiger partial charge on any atom is -0.0357 e. The van der Waals surface area contributed by atoms with Crippen LogP contribution < -0.4 is 0 Å². The molecule has 0 aromatic carbocycles. The molecule has 0 nitrogen and oxygen atoms in total. The second-order valence-corrected chi connectivity index (χ2v) is 5.34. The van der Waals surface area contributed by atoms with Gasteiger partial charge in [0.05, 0.1) is 0 Å². The van der Waals surface area contributed by atoms with E-state index >= 15 is 0 Å². The lowest BCUT2D eigenvalue weighted by molar-refractivity contribution is 0.418. The zero-order valence-electron chi connectivity index (χ0n) is 9.10. The van der Waals surface area contributed by atoms with Crippen LogP contribution >= 0.6 is 0 Å². The highest BCUT2D eigenvalue weighted by Gasteiger charge is 2.39. The summed E-state index contributed by atoms with van der Waals surface area (Å²) in [6.07, 6.45) is 13.7. The standard InChI is InChI=1S/C13H24/c1-11-8-6-4-2-3-5-7-9-12-10-13(11)12/h11-13H,2-10H2,1H3. The van der Waals surface area contributed by atoms with E-state index in [-0.39, 0.29) is 0 Å². The third-order valence-corrected chi connectivity index (χ3v) is 4.19. The maximum absolute atomic E-state index is 2.49. The van der Waals surface area contributed by atoms with Crippen LogP contribution in [0.25, 0.3) is 0 Å². The van der Waals surface area contributed by atoms with Crippen molar-refractivity contribution < 1.29 is 0 Å². The Hall–Kier alpha value is 0. The van der Waals surface area contributed by atoms with E-state index in [1.165, 1.54) is 44.9 Å². The number of rotatable bonds is 0. The highest BCUT2D eigenvalue weighted by atomic mass is 14.4. The first-order valence-electron chi connectivity index (χ1n) is 6.38. The molecule has 13 heavy (non-hydrogen) atoms. The van der Waals surface area contributed by atoms with Crippen molar-refractivity contribution in [2.45, 2.75) is 64.7 Å². The fraction of sp³-hybridized carbons (Fsp3) is 1.00. The summed E-state index contributed by atoms with van der Waals surface area (Å²) in [5.41, 5.74) is 0. The lowest BCUT2D eigenvalue weighted by Crippen LogP contribution is -1.99. The van der Waals surface area contributed by atoms with Gasteiger partial charge in [0.25, 0.3) is 0 Å². The highest BCUT2D eigenvalue weighted by molar-refractivity contribution is 4.89. The molecule has 0 heterocycles. The first-order valence-corrected chi connectivity index (χ1v) is 6.38. The van der Waals surface area contributed by atoms with E-state index in [4.69, 9.17) is 0 Å². The lowest BCUT2D eigenvalue weighted by Gasteiger charge is -2.09. The first kappa shape index (κ1) is 9.55. The van der Waals surface area contributed by atoms with Crippen molar-refractivity contribution in [3.63, 3.8) is 0 Å². The molecule has 3 atom stereocenters. The minimum atomic E-state index is 1.04. The number of hydrogen-bond donors (Lipinski definition) is 0. The third-order valence-electron chi connectivity index (χ3n) is 4.19. The molecule has 0 spiro atoms. The molecular formula is C13H24. The van der Waals surface area contributed by atoms with Gasteiger partial charge >= 0.3 is 0 Å². The Balaban J connectivity index is 1.78. The van der Waals surface area contributed by atoms with Crippen molar-refractivity contribution in [3.8, 4) is 0 Å². The Kier molecular flexibility index (Phi) is 3.29. The zero-order chi connectivity index (χ0) is 9.10. The fourth-order valence-electron chi connectivity index (χ4n) is 3.09. The lowest BCUT2D eigenvalue weighted by atomic mass is 9.97. The average molecular weight is 180 g/mol. The summed E-state index contributed by atoms with van der Waals surface area (Å²) in [6, 6.07) is 0. The molecule has 3 unspecified atom stereocenters. The molecule has 0 aliphatic heterocycles. The summed E-state index contributed by atoms with van der Waals surface area (Å²) >= 11 is 0. The van der Waals surface area contributed by atoms with Gasteiger partial charge in [-0.3, -0.25) is 0 Å². The summed E-state index contributed by atoms with van der Waals surface area (Å²) in [5.74, 6) is 3.33. The summed E-state index contributed by atoms with van der Waals surface area (Å²) in [7, 11) is 0. The quantitative estimate of drug-likeness (QED) is 0.518. The van der Waals surface area contributed by atoms with Gasteiger partial charge in [0.1, 0.15) is 0 Å². The van der Waals surface area contributed by atoms with Crippen LogP contribution in [0, 0.1) is 17.8 Å². The molecule has 2 aliphatic rings. The molecule has 0 bridgehead atoms. The molecular weight excluding hydrogens is 156 g/mol. The molecule has 76 valence electrons. The maximum atomic E-state index is 2.49. The minimum absolute atomic E-state index is 1.04. The third kappa shape index (κ3) is 2.72. The summed E-state index contributed by atoms with van der Waals surface area (Å²) in [6.45, 7) is 2.49. The van der Waals surface area contributed by atoms with Gasteiger partial charge in [-0.1, -0.05) is 58.3 Å². The zero-order valence-corrected chi connectivity index (χ0v) is 9.10. The molecule has 2 fully saturated rings. The van der Waals surface area contributed by atoms with Crippen molar-refractivity contribution in [2.24, 2.45) is 17.8 Å². The van der Waals surface area contributed by atoms with E-state index in [0.29, 0.717) is 0 Å². The number of hydrogen-bond acceptors (Lipinski definition) is 0. The molecule has 0 radical (unpaired) electrons. The van der Waals surface area contributed by atoms with Gasteiger partial charge in [-0.15, -0.1) is 0 Å². The normalized spacial score (nSPS) is 41.8. The van der Waals surface area contributed by atoms with Crippen LogP contribution in [0.3, 0.4) is 0 Å². The van der Waals surface area contributed by atoms with Gasteiger partial charge in [-0.25, -0.2) is 0 Å². The van der Waals surface area contributed by atoms with Crippen molar-refractivity contribution in [1.82, 2.24) is 0 Å². The highest BCUT2D eigenvalue weighted by Crippen LogP contribution is 2.49. The van der Waals surface area contributed by atoms with Crippen LogP contribution in [0.5, 0.6) is 0 Å². The molecule has 2 saturated carbocycles. The molecule has 0 heteroatoms. The molecule has 0 aromatic rings. The largest absolute Gasteiger partial charge is 0.0622 e. The smallest absolute Gasteiger partial charge is 0.0357 e. The summed E-state index contributed by atoms with van der Waals surface area (Å²) in [4.78, 5) is 0. The van der Waals surface area contributed by atoms with E-state index in [1.807, 2.05) is 0 Å². The van der Waals surface area contributed by atoms with Crippen molar-refractivity contribution in [3.05, 3.63) is 0 Å².